The van der Waals surface area contributed by atoms with Crippen LogP contribution in [0.5, 0.6) is 5.75 Å². The highest BCUT2D eigenvalue weighted by atomic mass is 19.4. The number of carbonyl (C=O) groups is 2. The SMILES string of the molecule is C[C@@H]1CN([C@@H](C)CO)C(=O)c2cccc(NC(=O)Cc3cc(C(F)(F)F)cc(C(F)(F)F)c3)c2O[C@@H]1CN(C)Cc1ccc(-c2ccc(C(F)(F)F)cc2C(F)(F)F)cc1. The van der Waals surface area contributed by atoms with Crippen LogP contribution in [0.3, 0.4) is 0 Å². The first kappa shape index (κ1) is 45.8. The van der Waals surface area contributed by atoms with Crippen molar-refractivity contribution in [2.24, 2.45) is 5.92 Å². The van der Waals surface area contributed by atoms with Crippen molar-refractivity contribution in [2.45, 2.75) is 63.7 Å². The lowest BCUT2D eigenvalue weighted by Crippen LogP contribution is -2.49. The van der Waals surface area contributed by atoms with Gasteiger partial charge in [0.1, 0.15) is 6.10 Å². The molecule has 324 valence electrons. The second kappa shape index (κ2) is 17.4. The van der Waals surface area contributed by atoms with E-state index in [1.54, 1.807) is 25.8 Å². The average Bonchev–Trinajstić information content (AvgIpc) is 3.14. The summed E-state index contributed by atoms with van der Waals surface area (Å²) in [5.74, 6) is -2.26. The van der Waals surface area contributed by atoms with Crippen molar-refractivity contribution in [2.75, 3.05) is 32.1 Å². The van der Waals surface area contributed by atoms with E-state index in [1.165, 1.54) is 47.4 Å². The molecule has 4 aromatic carbocycles. The van der Waals surface area contributed by atoms with Crippen LogP contribution in [0.2, 0.25) is 0 Å². The third-order valence-corrected chi connectivity index (χ3v) is 9.84. The van der Waals surface area contributed by atoms with Crippen LogP contribution in [0.15, 0.2) is 78.9 Å². The van der Waals surface area contributed by atoms with Crippen molar-refractivity contribution >= 4 is 17.5 Å². The zero-order chi connectivity index (χ0) is 44.5. The molecule has 1 aliphatic rings. The number of aliphatic hydroxyl groups is 1. The Labute approximate surface area is 335 Å². The summed E-state index contributed by atoms with van der Waals surface area (Å²) in [6.45, 7) is 3.27. The molecule has 0 bridgehead atoms. The smallest absolute Gasteiger partial charge is 0.417 e. The number of likely N-dealkylation sites (N-methyl/N-ethyl adjacent to an activating group) is 1. The van der Waals surface area contributed by atoms with Crippen molar-refractivity contribution < 1.29 is 72.1 Å². The summed E-state index contributed by atoms with van der Waals surface area (Å²) in [6.07, 6.45) is -22.1. The number of halogens is 12. The van der Waals surface area contributed by atoms with Crippen LogP contribution in [0, 0.1) is 5.92 Å². The molecular formula is C41H37F12N3O4. The van der Waals surface area contributed by atoms with Gasteiger partial charge in [0.15, 0.2) is 5.75 Å². The van der Waals surface area contributed by atoms with Crippen molar-refractivity contribution in [3.8, 4) is 16.9 Å². The average molecular weight is 864 g/mol. The van der Waals surface area contributed by atoms with Gasteiger partial charge >= 0.3 is 24.7 Å². The van der Waals surface area contributed by atoms with Gasteiger partial charge in [0, 0.05) is 25.6 Å². The number of ether oxygens (including phenoxy) is 1. The van der Waals surface area contributed by atoms with Crippen LogP contribution in [0.1, 0.15) is 57.6 Å². The molecule has 1 heterocycles. The van der Waals surface area contributed by atoms with E-state index in [4.69, 9.17) is 4.74 Å². The lowest BCUT2D eigenvalue weighted by Gasteiger charge is -2.38. The first-order valence-electron chi connectivity index (χ1n) is 18.1. The van der Waals surface area contributed by atoms with E-state index in [2.05, 4.69) is 5.32 Å². The van der Waals surface area contributed by atoms with Gasteiger partial charge in [0.25, 0.3) is 5.91 Å². The molecule has 0 radical (unpaired) electrons. The summed E-state index contributed by atoms with van der Waals surface area (Å²) >= 11 is 0. The molecule has 4 aromatic rings. The molecule has 5 rings (SSSR count). The minimum Gasteiger partial charge on any atom is -0.486 e. The van der Waals surface area contributed by atoms with E-state index in [1.807, 2.05) is 0 Å². The first-order chi connectivity index (χ1) is 27.8. The minimum atomic E-state index is -5.15. The maximum atomic E-state index is 13.9. The molecule has 2 N–H and O–H groups in total. The third kappa shape index (κ3) is 10.9. The molecule has 0 saturated heterocycles. The predicted molar refractivity (Wildman–Crippen MR) is 195 cm³/mol. The largest absolute Gasteiger partial charge is 0.486 e. The van der Waals surface area contributed by atoms with Gasteiger partial charge in [-0.15, -0.1) is 0 Å². The second-order valence-electron chi connectivity index (χ2n) is 14.6. The van der Waals surface area contributed by atoms with Crippen LogP contribution >= 0.6 is 0 Å². The quantitative estimate of drug-likeness (QED) is 0.155. The predicted octanol–water partition coefficient (Wildman–Crippen LogP) is 9.96. The van der Waals surface area contributed by atoms with Gasteiger partial charge in [-0.25, -0.2) is 0 Å². The maximum absolute atomic E-state index is 13.9. The fourth-order valence-electron chi connectivity index (χ4n) is 6.74. The minimum absolute atomic E-state index is 0.0159. The molecule has 0 aliphatic carbocycles. The highest BCUT2D eigenvalue weighted by Gasteiger charge is 2.40. The molecule has 3 atom stereocenters. The zero-order valence-corrected chi connectivity index (χ0v) is 31.9. The van der Waals surface area contributed by atoms with Crippen molar-refractivity contribution in [1.29, 1.82) is 0 Å². The fourth-order valence-corrected chi connectivity index (χ4v) is 6.74. The number of para-hydroxylation sites is 1. The zero-order valence-electron chi connectivity index (χ0n) is 31.9. The normalized spacial score (nSPS) is 17.1. The summed E-state index contributed by atoms with van der Waals surface area (Å²) in [4.78, 5) is 30.3. The van der Waals surface area contributed by atoms with E-state index >= 15 is 0 Å². The number of anilines is 1. The number of hydrogen-bond donors (Lipinski definition) is 2. The first-order valence-corrected chi connectivity index (χ1v) is 18.1. The van der Waals surface area contributed by atoms with E-state index in [0.29, 0.717) is 23.8 Å². The Balaban J connectivity index is 1.40. The molecule has 19 heteroatoms. The Hall–Kier alpha value is -5.30. The number of fused-ring (bicyclic) bond motifs is 1. The Morgan fingerprint density at radius 3 is 1.95 bits per heavy atom. The van der Waals surface area contributed by atoms with E-state index in [9.17, 15) is 67.4 Å². The highest BCUT2D eigenvalue weighted by Crippen LogP contribution is 2.42. The Bertz CT molecular complexity index is 2150. The van der Waals surface area contributed by atoms with Crippen LogP contribution in [-0.4, -0.2) is 65.6 Å². The topological polar surface area (TPSA) is 82.1 Å². The van der Waals surface area contributed by atoms with Crippen molar-refractivity contribution in [1.82, 2.24) is 9.80 Å². The van der Waals surface area contributed by atoms with Gasteiger partial charge in [0.2, 0.25) is 5.91 Å². The lowest BCUT2D eigenvalue weighted by atomic mass is 9.96. The summed E-state index contributed by atoms with van der Waals surface area (Å²) in [5, 5.41) is 12.4. The second-order valence-corrected chi connectivity index (χ2v) is 14.6. The lowest BCUT2D eigenvalue weighted by molar-refractivity contribution is -0.144. The van der Waals surface area contributed by atoms with Gasteiger partial charge in [-0.2, -0.15) is 52.7 Å². The molecule has 2 amide bonds. The fraction of sp³-hybridized carbons (Fsp3) is 0.366. The Morgan fingerprint density at radius 2 is 1.40 bits per heavy atom. The molecule has 0 unspecified atom stereocenters. The molecule has 0 spiro atoms. The van der Waals surface area contributed by atoms with Gasteiger partial charge in [-0.05, 0) is 78.7 Å². The molecule has 1 aliphatic heterocycles. The highest BCUT2D eigenvalue weighted by molar-refractivity contribution is 6.02. The number of benzene rings is 4. The number of rotatable bonds is 10. The monoisotopic (exact) mass is 863 g/mol. The molecular weight excluding hydrogens is 826 g/mol. The number of nitrogens with one attached hydrogen (secondary N) is 1. The summed E-state index contributed by atoms with van der Waals surface area (Å²) in [7, 11) is 1.68. The maximum Gasteiger partial charge on any atom is 0.417 e. The van der Waals surface area contributed by atoms with E-state index in [-0.39, 0.29) is 54.3 Å². The summed E-state index contributed by atoms with van der Waals surface area (Å²) < 4.78 is 168. The van der Waals surface area contributed by atoms with Crippen LogP contribution in [0.4, 0.5) is 58.4 Å². The summed E-state index contributed by atoms with van der Waals surface area (Å²) in [6, 6.07) is 11.2. The van der Waals surface area contributed by atoms with E-state index < -0.39 is 101 Å². The third-order valence-electron chi connectivity index (χ3n) is 9.84. The van der Waals surface area contributed by atoms with Crippen LogP contribution in [0.25, 0.3) is 11.1 Å². The van der Waals surface area contributed by atoms with E-state index in [0.717, 1.165) is 6.07 Å². The van der Waals surface area contributed by atoms with Gasteiger partial charge < -0.3 is 20.1 Å². The van der Waals surface area contributed by atoms with Crippen LogP contribution < -0.4 is 10.1 Å². The number of carbonyl (C=O) groups excluding carboxylic acids is 2. The molecule has 0 saturated carbocycles. The number of hydrogen-bond acceptors (Lipinski definition) is 5. The molecule has 0 fully saturated rings. The molecule has 60 heavy (non-hydrogen) atoms. The van der Waals surface area contributed by atoms with Gasteiger partial charge in [-0.1, -0.05) is 43.3 Å². The summed E-state index contributed by atoms with van der Waals surface area (Å²) in [5.41, 5.74) is -6.75. The number of alkyl halides is 12. The Kier molecular flexibility index (Phi) is 13.2. The van der Waals surface area contributed by atoms with Gasteiger partial charge in [0.05, 0.1) is 52.6 Å². The molecule has 7 nitrogen and oxygen atoms in total. The number of nitrogens with zero attached hydrogens (tertiary/aromatic N) is 2. The van der Waals surface area contributed by atoms with Crippen molar-refractivity contribution in [3.05, 3.63) is 118 Å². The number of aliphatic hydroxyl groups excluding tert-OH is 1. The number of amides is 2. The molecule has 0 aromatic heterocycles. The Morgan fingerprint density at radius 1 is 0.800 bits per heavy atom. The van der Waals surface area contributed by atoms with Crippen molar-refractivity contribution in [3.63, 3.8) is 0 Å². The standard InChI is InChI=1S/C41H37F12N3O4/c1-22-18-56(23(2)21-57)37(59)31-5-4-6-33(54-35(58)15-25-13-28(39(45,46)47)16-29(14-25)40(48,49)50)36(31)60-34(22)20-55(3)19-24-7-9-26(10-8-24)30-12-11-27(38(42,43)44)17-32(30)41(51,52)53/h4-14,16-17,22-23,34,57H,15,18-21H2,1-3H3,(H,54,58)/t22-,23+,34-/m1/s1. The van der Waals surface area contributed by atoms with Crippen LogP contribution in [-0.2, 0) is 42.5 Å². The van der Waals surface area contributed by atoms with Gasteiger partial charge in [-0.3, -0.25) is 14.5 Å².